The lowest BCUT2D eigenvalue weighted by Gasteiger charge is -2.34. The first-order chi connectivity index (χ1) is 7.53. The molecule has 1 atom stereocenters. The first-order valence-electron chi connectivity index (χ1n) is 5.75. The van der Waals surface area contributed by atoms with Crippen molar-refractivity contribution in [3.05, 3.63) is 0 Å². The molecule has 1 N–H and O–H groups in total. The third-order valence-electron chi connectivity index (χ3n) is 3.40. The quantitative estimate of drug-likeness (QED) is 0.711. The Balaban J connectivity index is 2.02. The molecule has 5 nitrogen and oxygen atoms in total. The van der Waals surface area contributed by atoms with Crippen molar-refractivity contribution >= 4 is 15.7 Å². The number of carbonyl (C=O) groups is 1. The van der Waals surface area contributed by atoms with Gasteiger partial charge in [0, 0.05) is 25.7 Å². The average Bonchev–Trinajstić information content (AvgIpc) is 2.44. The second-order valence-corrected chi connectivity index (χ2v) is 6.77. The van der Waals surface area contributed by atoms with Crippen LogP contribution in [0, 0.1) is 5.92 Å². The topological polar surface area (TPSA) is 66.5 Å². The molecule has 0 spiro atoms. The van der Waals surface area contributed by atoms with Gasteiger partial charge in [0.15, 0.2) is 9.84 Å². The molecular weight excluding hydrogens is 228 g/mol. The maximum atomic E-state index is 12.0. The lowest BCUT2D eigenvalue weighted by molar-refractivity contribution is -0.138. The summed E-state index contributed by atoms with van der Waals surface area (Å²) in [5.74, 6) is 0.545. The van der Waals surface area contributed by atoms with Gasteiger partial charge in [0.05, 0.1) is 17.4 Å². The van der Waals surface area contributed by atoms with E-state index in [2.05, 4.69) is 5.32 Å². The summed E-state index contributed by atoms with van der Waals surface area (Å²) in [7, 11) is -2.91. The van der Waals surface area contributed by atoms with Crippen LogP contribution in [0.2, 0.25) is 0 Å². The number of carbonyl (C=O) groups excluding carboxylic acids is 1. The molecule has 0 aromatic heterocycles. The fourth-order valence-corrected chi connectivity index (χ4v) is 4.04. The highest BCUT2D eigenvalue weighted by Crippen LogP contribution is 2.20. The predicted molar refractivity (Wildman–Crippen MR) is 60.8 cm³/mol. The molecule has 0 aliphatic carbocycles. The smallest absolute Gasteiger partial charge is 0.228 e. The van der Waals surface area contributed by atoms with Gasteiger partial charge in [-0.05, 0) is 13.3 Å². The van der Waals surface area contributed by atoms with E-state index >= 15 is 0 Å². The Morgan fingerprint density at radius 3 is 2.50 bits per heavy atom. The van der Waals surface area contributed by atoms with Crippen molar-refractivity contribution in [3.63, 3.8) is 0 Å². The SMILES string of the molecule is CCN(C(=O)C1CNC1)C1CCS(=O)(=O)C1. The van der Waals surface area contributed by atoms with Crippen LogP contribution in [0.3, 0.4) is 0 Å². The van der Waals surface area contributed by atoms with Crippen LogP contribution in [0.5, 0.6) is 0 Å². The number of nitrogens with zero attached hydrogens (tertiary/aromatic N) is 1. The van der Waals surface area contributed by atoms with Crippen LogP contribution in [0.15, 0.2) is 0 Å². The number of hydrogen-bond acceptors (Lipinski definition) is 4. The highest BCUT2D eigenvalue weighted by Gasteiger charge is 2.37. The molecule has 1 unspecified atom stereocenters. The van der Waals surface area contributed by atoms with Gasteiger partial charge in [-0.2, -0.15) is 0 Å². The van der Waals surface area contributed by atoms with E-state index in [1.54, 1.807) is 4.90 Å². The Kier molecular flexibility index (Phi) is 3.21. The standard InChI is InChI=1S/C10H18N2O3S/c1-2-12(10(13)8-5-11-6-8)9-3-4-16(14,15)7-9/h8-9,11H,2-7H2,1H3. The molecule has 0 aromatic rings. The summed E-state index contributed by atoms with van der Waals surface area (Å²) in [6.07, 6.45) is 0.599. The highest BCUT2D eigenvalue weighted by molar-refractivity contribution is 7.91. The Morgan fingerprint density at radius 1 is 1.44 bits per heavy atom. The van der Waals surface area contributed by atoms with Crippen molar-refractivity contribution in [3.8, 4) is 0 Å². The van der Waals surface area contributed by atoms with Gasteiger partial charge in [0.1, 0.15) is 0 Å². The number of rotatable bonds is 3. The van der Waals surface area contributed by atoms with E-state index < -0.39 is 9.84 Å². The minimum atomic E-state index is -2.91. The van der Waals surface area contributed by atoms with Gasteiger partial charge in [-0.1, -0.05) is 0 Å². The van der Waals surface area contributed by atoms with Gasteiger partial charge >= 0.3 is 0 Å². The van der Waals surface area contributed by atoms with E-state index in [0.717, 1.165) is 13.1 Å². The molecule has 2 aliphatic heterocycles. The Bertz CT molecular complexity index is 376. The fourth-order valence-electron chi connectivity index (χ4n) is 2.31. The van der Waals surface area contributed by atoms with E-state index in [4.69, 9.17) is 0 Å². The van der Waals surface area contributed by atoms with Crippen LogP contribution in [0.1, 0.15) is 13.3 Å². The molecule has 92 valence electrons. The predicted octanol–water partition coefficient (Wildman–Crippen LogP) is -0.759. The Morgan fingerprint density at radius 2 is 2.12 bits per heavy atom. The van der Waals surface area contributed by atoms with Gasteiger partial charge in [0.25, 0.3) is 0 Å². The molecule has 0 saturated carbocycles. The van der Waals surface area contributed by atoms with Crippen molar-refractivity contribution in [1.29, 1.82) is 0 Å². The maximum absolute atomic E-state index is 12.0. The van der Waals surface area contributed by atoms with E-state index in [-0.39, 0.29) is 29.4 Å². The molecule has 2 rings (SSSR count). The summed E-state index contributed by atoms with van der Waals surface area (Å²) < 4.78 is 22.8. The molecule has 1 amide bonds. The number of hydrogen-bond donors (Lipinski definition) is 1. The molecule has 2 heterocycles. The van der Waals surface area contributed by atoms with Crippen LogP contribution in [0.4, 0.5) is 0 Å². The first kappa shape index (κ1) is 11.9. The maximum Gasteiger partial charge on any atom is 0.228 e. The van der Waals surface area contributed by atoms with E-state index in [0.29, 0.717) is 13.0 Å². The van der Waals surface area contributed by atoms with E-state index in [1.807, 2.05) is 6.92 Å². The van der Waals surface area contributed by atoms with Crippen LogP contribution in [0.25, 0.3) is 0 Å². The van der Waals surface area contributed by atoms with Gasteiger partial charge in [-0.3, -0.25) is 4.79 Å². The summed E-state index contributed by atoms with van der Waals surface area (Å²) in [4.78, 5) is 13.8. The first-order valence-corrected chi connectivity index (χ1v) is 7.57. The molecule has 0 bridgehead atoms. The van der Waals surface area contributed by atoms with Crippen LogP contribution in [-0.4, -0.2) is 56.4 Å². The second-order valence-electron chi connectivity index (χ2n) is 4.54. The van der Waals surface area contributed by atoms with Crippen molar-refractivity contribution in [2.75, 3.05) is 31.1 Å². The van der Waals surface area contributed by atoms with Crippen LogP contribution < -0.4 is 5.32 Å². The zero-order chi connectivity index (χ0) is 11.8. The van der Waals surface area contributed by atoms with Gasteiger partial charge in [-0.15, -0.1) is 0 Å². The molecule has 0 radical (unpaired) electrons. The van der Waals surface area contributed by atoms with Gasteiger partial charge in [-0.25, -0.2) is 8.42 Å². The van der Waals surface area contributed by atoms with E-state index in [1.165, 1.54) is 0 Å². The molecule has 2 aliphatic rings. The number of nitrogens with one attached hydrogen (secondary N) is 1. The molecule has 2 fully saturated rings. The van der Waals surface area contributed by atoms with Gasteiger partial charge in [0.2, 0.25) is 5.91 Å². The van der Waals surface area contributed by atoms with E-state index in [9.17, 15) is 13.2 Å². The fraction of sp³-hybridized carbons (Fsp3) is 0.900. The molecule has 0 aromatic carbocycles. The molecular formula is C10H18N2O3S. The minimum absolute atomic E-state index is 0.0586. The largest absolute Gasteiger partial charge is 0.339 e. The number of sulfone groups is 1. The Labute approximate surface area is 96.1 Å². The minimum Gasteiger partial charge on any atom is -0.339 e. The van der Waals surface area contributed by atoms with Crippen LogP contribution >= 0.6 is 0 Å². The monoisotopic (exact) mass is 246 g/mol. The van der Waals surface area contributed by atoms with Crippen LogP contribution in [-0.2, 0) is 14.6 Å². The Hall–Kier alpha value is -0.620. The molecule has 2 saturated heterocycles. The zero-order valence-corrected chi connectivity index (χ0v) is 10.3. The third-order valence-corrected chi connectivity index (χ3v) is 5.15. The van der Waals surface area contributed by atoms with Crippen molar-refractivity contribution < 1.29 is 13.2 Å². The normalized spacial score (nSPS) is 28.7. The van der Waals surface area contributed by atoms with Crippen molar-refractivity contribution in [1.82, 2.24) is 10.2 Å². The summed E-state index contributed by atoms with van der Waals surface area (Å²) >= 11 is 0. The lowest BCUT2D eigenvalue weighted by Crippen LogP contribution is -2.54. The van der Waals surface area contributed by atoms with Gasteiger partial charge < -0.3 is 10.2 Å². The average molecular weight is 246 g/mol. The summed E-state index contributed by atoms with van der Waals surface area (Å²) in [6.45, 7) is 3.98. The summed E-state index contributed by atoms with van der Waals surface area (Å²) in [5, 5.41) is 3.06. The molecule has 6 heteroatoms. The zero-order valence-electron chi connectivity index (χ0n) is 9.48. The second kappa shape index (κ2) is 4.33. The number of amides is 1. The molecule has 16 heavy (non-hydrogen) atoms. The third kappa shape index (κ3) is 2.22. The van der Waals surface area contributed by atoms with Crippen molar-refractivity contribution in [2.24, 2.45) is 5.92 Å². The summed E-state index contributed by atoms with van der Waals surface area (Å²) in [6, 6.07) is -0.0944. The van der Waals surface area contributed by atoms with Crippen molar-refractivity contribution in [2.45, 2.75) is 19.4 Å². The lowest BCUT2D eigenvalue weighted by atomic mass is 10.0. The summed E-state index contributed by atoms with van der Waals surface area (Å²) in [5.41, 5.74) is 0. The highest BCUT2D eigenvalue weighted by atomic mass is 32.2.